The maximum Gasteiger partial charge on any atom is 0.490 e. The van der Waals surface area contributed by atoms with Gasteiger partial charge in [0.15, 0.2) is 0 Å². The lowest BCUT2D eigenvalue weighted by Gasteiger charge is -2.17. The molecular formula is C9H11F6NO4. The van der Waals surface area contributed by atoms with Gasteiger partial charge in [-0.25, -0.2) is 9.59 Å². The molecule has 0 rings (SSSR count). The minimum absolute atomic E-state index is 0.161. The van der Waals surface area contributed by atoms with E-state index in [0.717, 1.165) is 0 Å². The number of halogens is 6. The maximum atomic E-state index is 11.7. The molecule has 0 unspecified atom stereocenters. The van der Waals surface area contributed by atoms with E-state index < -0.39 is 37.5 Å². The molecule has 0 saturated carbocycles. The van der Waals surface area contributed by atoms with Gasteiger partial charge >= 0.3 is 24.3 Å². The summed E-state index contributed by atoms with van der Waals surface area (Å²) >= 11 is 0. The van der Waals surface area contributed by atoms with Crippen molar-refractivity contribution < 1.29 is 45.4 Å². The maximum absolute atomic E-state index is 11.7. The predicted molar refractivity (Wildman–Crippen MR) is 51.5 cm³/mol. The number of ether oxygens (including phenoxy) is 2. The van der Waals surface area contributed by atoms with Gasteiger partial charge in [-0.05, 0) is 7.05 Å². The lowest BCUT2D eigenvalue weighted by molar-refractivity contribution is -0.200. The Hall–Kier alpha value is -1.52. The van der Waals surface area contributed by atoms with Crippen LogP contribution in [0.4, 0.5) is 26.3 Å². The van der Waals surface area contributed by atoms with Crippen molar-refractivity contribution in [2.24, 2.45) is 0 Å². The Kier molecular flexibility index (Phi) is 6.76. The summed E-state index contributed by atoms with van der Waals surface area (Å²) in [7, 11) is 1.34. The van der Waals surface area contributed by atoms with Crippen LogP contribution in [0.25, 0.3) is 0 Å². The van der Waals surface area contributed by atoms with Crippen molar-refractivity contribution in [3.05, 3.63) is 0 Å². The van der Waals surface area contributed by atoms with Gasteiger partial charge in [-0.3, -0.25) is 4.90 Å². The predicted octanol–water partition coefficient (Wildman–Crippen LogP) is 1.13. The van der Waals surface area contributed by atoms with E-state index in [9.17, 15) is 35.9 Å². The second-order valence-electron chi connectivity index (χ2n) is 3.57. The largest absolute Gasteiger partial charge is 0.490 e. The number of likely N-dealkylation sites (N-methyl/N-ethyl adjacent to an activating group) is 1. The second-order valence-corrected chi connectivity index (χ2v) is 3.57. The highest BCUT2D eigenvalue weighted by molar-refractivity contribution is 5.75. The number of carbonyl (C=O) groups is 2. The molecule has 5 nitrogen and oxygen atoms in total. The van der Waals surface area contributed by atoms with E-state index in [4.69, 9.17) is 0 Å². The van der Waals surface area contributed by atoms with E-state index in [-0.39, 0.29) is 13.1 Å². The molecule has 0 bridgehead atoms. The van der Waals surface area contributed by atoms with Gasteiger partial charge in [-0.15, -0.1) is 0 Å². The fourth-order valence-electron chi connectivity index (χ4n) is 0.864. The first-order chi connectivity index (χ1) is 8.94. The molecule has 0 aliphatic heterocycles. The molecule has 0 aliphatic carbocycles. The van der Waals surface area contributed by atoms with Crippen LogP contribution in [0.3, 0.4) is 0 Å². The molecule has 20 heavy (non-hydrogen) atoms. The molecule has 0 heterocycles. The summed E-state index contributed by atoms with van der Waals surface area (Å²) < 4.78 is 78.1. The Balaban J connectivity index is 3.78. The van der Waals surface area contributed by atoms with Crippen LogP contribution >= 0.6 is 0 Å². The number of carbonyl (C=O) groups excluding carboxylic acids is 2. The number of alkyl halides is 6. The fourth-order valence-corrected chi connectivity index (χ4v) is 0.864. The molecule has 0 saturated heterocycles. The summed E-state index contributed by atoms with van der Waals surface area (Å²) in [6.07, 6.45) is -10.2. The molecule has 0 aliphatic rings. The molecule has 0 atom stereocenters. The van der Waals surface area contributed by atoms with Crippen LogP contribution in [-0.4, -0.2) is 62.5 Å². The SMILES string of the molecule is CN(CCOC(=O)C(F)(F)F)CCOC(=O)C(F)(F)F. The number of hydrogen-bond donors (Lipinski definition) is 0. The Bertz CT molecular complexity index is 308. The van der Waals surface area contributed by atoms with Crippen molar-refractivity contribution >= 4 is 11.9 Å². The molecule has 118 valence electrons. The molecule has 0 radical (unpaired) electrons. The first kappa shape index (κ1) is 18.5. The topological polar surface area (TPSA) is 55.8 Å². The highest BCUT2D eigenvalue weighted by Crippen LogP contribution is 2.17. The van der Waals surface area contributed by atoms with Gasteiger partial charge in [-0.2, -0.15) is 26.3 Å². The third-order valence-electron chi connectivity index (χ3n) is 1.88. The highest BCUT2D eigenvalue weighted by Gasteiger charge is 2.41. The van der Waals surface area contributed by atoms with Crippen molar-refractivity contribution in [2.45, 2.75) is 12.4 Å². The zero-order valence-electron chi connectivity index (χ0n) is 10.2. The van der Waals surface area contributed by atoms with Crippen molar-refractivity contribution in [3.8, 4) is 0 Å². The molecule has 0 amide bonds. The standard InChI is InChI=1S/C9H11F6NO4/c1-16(2-4-19-6(17)8(10,11)12)3-5-20-7(18)9(13,14)15/h2-5H2,1H3. The molecule has 0 N–H and O–H groups in total. The molecule has 0 aromatic heterocycles. The van der Waals surface area contributed by atoms with Crippen LogP contribution in [0, 0.1) is 0 Å². The fraction of sp³-hybridized carbons (Fsp3) is 0.778. The highest BCUT2D eigenvalue weighted by atomic mass is 19.4. The number of hydrogen-bond acceptors (Lipinski definition) is 5. The van der Waals surface area contributed by atoms with Crippen LogP contribution in [0.5, 0.6) is 0 Å². The van der Waals surface area contributed by atoms with Gasteiger partial charge in [0.25, 0.3) is 0 Å². The Labute approximate surface area is 109 Å². The summed E-state index contributed by atoms with van der Waals surface area (Å²) in [5.74, 6) is -4.70. The summed E-state index contributed by atoms with van der Waals surface area (Å²) in [6, 6.07) is 0. The third-order valence-corrected chi connectivity index (χ3v) is 1.88. The van der Waals surface area contributed by atoms with E-state index in [0.29, 0.717) is 0 Å². The lowest BCUT2D eigenvalue weighted by Crippen LogP contribution is -2.33. The van der Waals surface area contributed by atoms with Crippen molar-refractivity contribution in [2.75, 3.05) is 33.4 Å². The van der Waals surface area contributed by atoms with E-state index in [2.05, 4.69) is 9.47 Å². The van der Waals surface area contributed by atoms with E-state index in [1.807, 2.05) is 0 Å². The monoisotopic (exact) mass is 311 g/mol. The average Bonchev–Trinajstić information content (AvgIpc) is 2.26. The Morgan fingerprint density at radius 3 is 1.40 bits per heavy atom. The number of esters is 2. The van der Waals surface area contributed by atoms with Crippen LogP contribution in [-0.2, 0) is 19.1 Å². The molecule has 0 fully saturated rings. The first-order valence-electron chi connectivity index (χ1n) is 5.11. The number of nitrogens with zero attached hydrogens (tertiary/aromatic N) is 1. The summed E-state index contributed by atoms with van der Waals surface area (Å²) in [6.45, 7) is -1.51. The van der Waals surface area contributed by atoms with Gasteiger partial charge in [0, 0.05) is 13.1 Å². The normalized spacial score (nSPS) is 12.4. The van der Waals surface area contributed by atoms with E-state index in [1.54, 1.807) is 0 Å². The summed E-state index contributed by atoms with van der Waals surface area (Å²) in [5, 5.41) is 0. The lowest BCUT2D eigenvalue weighted by atomic mass is 10.5. The quantitative estimate of drug-likeness (QED) is 0.544. The Morgan fingerprint density at radius 1 is 0.850 bits per heavy atom. The van der Waals surface area contributed by atoms with Gasteiger partial charge in [0.05, 0.1) is 0 Å². The minimum Gasteiger partial charge on any atom is -0.458 e. The summed E-state index contributed by atoms with van der Waals surface area (Å²) in [4.78, 5) is 21.8. The molecular weight excluding hydrogens is 300 g/mol. The van der Waals surface area contributed by atoms with Gasteiger partial charge in [-0.1, -0.05) is 0 Å². The molecule has 0 spiro atoms. The van der Waals surface area contributed by atoms with Crippen LogP contribution in [0.2, 0.25) is 0 Å². The zero-order valence-corrected chi connectivity index (χ0v) is 10.2. The van der Waals surface area contributed by atoms with Crippen molar-refractivity contribution in [1.82, 2.24) is 4.90 Å². The Morgan fingerprint density at radius 2 is 1.15 bits per heavy atom. The number of rotatable bonds is 6. The van der Waals surface area contributed by atoms with Gasteiger partial charge in [0.1, 0.15) is 13.2 Å². The molecule has 0 aromatic rings. The van der Waals surface area contributed by atoms with Crippen molar-refractivity contribution in [1.29, 1.82) is 0 Å². The van der Waals surface area contributed by atoms with E-state index >= 15 is 0 Å². The van der Waals surface area contributed by atoms with Gasteiger partial charge in [0.2, 0.25) is 0 Å². The van der Waals surface area contributed by atoms with E-state index in [1.165, 1.54) is 11.9 Å². The zero-order chi connectivity index (χ0) is 16.0. The average molecular weight is 311 g/mol. The smallest absolute Gasteiger partial charge is 0.458 e. The van der Waals surface area contributed by atoms with Crippen LogP contribution < -0.4 is 0 Å². The molecule has 11 heteroatoms. The van der Waals surface area contributed by atoms with Gasteiger partial charge < -0.3 is 9.47 Å². The molecule has 0 aromatic carbocycles. The minimum atomic E-state index is -5.10. The van der Waals surface area contributed by atoms with Crippen LogP contribution in [0.1, 0.15) is 0 Å². The first-order valence-corrected chi connectivity index (χ1v) is 5.11. The second kappa shape index (κ2) is 7.31. The van der Waals surface area contributed by atoms with Crippen molar-refractivity contribution in [3.63, 3.8) is 0 Å². The van der Waals surface area contributed by atoms with Crippen LogP contribution in [0.15, 0.2) is 0 Å². The summed E-state index contributed by atoms with van der Waals surface area (Å²) in [5.41, 5.74) is 0. The third kappa shape index (κ3) is 7.81.